The number of aromatic nitrogens is 1. The van der Waals surface area contributed by atoms with Crippen molar-refractivity contribution in [3.8, 4) is 5.75 Å². The smallest absolute Gasteiger partial charge is 0.123 e. The molecule has 0 fully saturated rings. The summed E-state index contributed by atoms with van der Waals surface area (Å²) in [7, 11) is 0. The molecule has 0 radical (unpaired) electrons. The number of benzene rings is 1. The molecule has 1 aromatic carbocycles. The molecule has 2 aromatic rings. The third-order valence-electron chi connectivity index (χ3n) is 2.62. The fraction of sp³-hybridized carbons (Fsp3) is 0.273. The van der Waals surface area contributed by atoms with E-state index in [1.165, 1.54) is 16.5 Å². The van der Waals surface area contributed by atoms with Gasteiger partial charge in [0, 0.05) is 29.1 Å². The fourth-order valence-corrected chi connectivity index (χ4v) is 2.04. The predicted octanol–water partition coefficient (Wildman–Crippen LogP) is 2.49. The molecule has 0 amide bonds. The lowest BCUT2D eigenvalue weighted by molar-refractivity contribution is 0.254. The first-order valence-electron chi connectivity index (χ1n) is 4.60. The standard InChI is InChI=1S/C11H11NO/c1-7-6-9-8-4-5-12-10(8)2-3-11(9)13-7/h2-5,7,12H,6H2,1H3. The van der Waals surface area contributed by atoms with Crippen molar-refractivity contribution in [2.24, 2.45) is 0 Å². The quantitative estimate of drug-likeness (QED) is 0.650. The number of hydrogen-bond donors (Lipinski definition) is 1. The maximum Gasteiger partial charge on any atom is 0.123 e. The Hall–Kier alpha value is -1.44. The molecule has 66 valence electrons. The molecule has 0 bridgehead atoms. The van der Waals surface area contributed by atoms with Gasteiger partial charge >= 0.3 is 0 Å². The Balaban J connectivity index is 2.34. The van der Waals surface area contributed by atoms with Crippen LogP contribution >= 0.6 is 0 Å². The average molecular weight is 173 g/mol. The molecule has 1 aliphatic heterocycles. The van der Waals surface area contributed by atoms with Gasteiger partial charge in [-0.3, -0.25) is 0 Å². The molecule has 2 nitrogen and oxygen atoms in total. The molecule has 13 heavy (non-hydrogen) atoms. The highest BCUT2D eigenvalue weighted by Crippen LogP contribution is 2.34. The lowest BCUT2D eigenvalue weighted by Crippen LogP contribution is -2.05. The highest BCUT2D eigenvalue weighted by atomic mass is 16.5. The number of hydrogen-bond acceptors (Lipinski definition) is 1. The summed E-state index contributed by atoms with van der Waals surface area (Å²) in [6.07, 6.45) is 3.34. The van der Waals surface area contributed by atoms with E-state index in [2.05, 4.69) is 30.1 Å². The van der Waals surface area contributed by atoms with Gasteiger partial charge < -0.3 is 9.72 Å². The minimum atomic E-state index is 0.329. The maximum absolute atomic E-state index is 5.67. The summed E-state index contributed by atoms with van der Waals surface area (Å²) in [6.45, 7) is 2.11. The molecule has 2 heteroatoms. The van der Waals surface area contributed by atoms with Crippen molar-refractivity contribution in [3.05, 3.63) is 30.0 Å². The summed E-state index contributed by atoms with van der Waals surface area (Å²) < 4.78 is 5.67. The van der Waals surface area contributed by atoms with Crippen LogP contribution in [0.5, 0.6) is 5.75 Å². The number of nitrogens with one attached hydrogen (secondary N) is 1. The highest BCUT2D eigenvalue weighted by molar-refractivity contribution is 5.85. The Labute approximate surface area is 76.5 Å². The van der Waals surface area contributed by atoms with Crippen LogP contribution in [-0.2, 0) is 6.42 Å². The first-order chi connectivity index (χ1) is 6.34. The molecule has 0 saturated carbocycles. The Morgan fingerprint density at radius 3 is 3.23 bits per heavy atom. The molecule has 1 atom stereocenters. The summed E-state index contributed by atoms with van der Waals surface area (Å²) in [5.41, 5.74) is 2.56. The minimum Gasteiger partial charge on any atom is -0.490 e. The van der Waals surface area contributed by atoms with Crippen LogP contribution in [-0.4, -0.2) is 11.1 Å². The monoisotopic (exact) mass is 173 g/mol. The van der Waals surface area contributed by atoms with Crippen molar-refractivity contribution in [1.82, 2.24) is 4.98 Å². The normalized spacial score (nSPS) is 20.2. The largest absolute Gasteiger partial charge is 0.490 e. The van der Waals surface area contributed by atoms with Crippen LogP contribution in [0, 0.1) is 0 Å². The SMILES string of the molecule is CC1Cc2c(ccc3[nH]ccc23)O1. The van der Waals surface area contributed by atoms with Gasteiger partial charge in [0.15, 0.2) is 0 Å². The Bertz CT molecular complexity index is 458. The van der Waals surface area contributed by atoms with Gasteiger partial charge in [0.1, 0.15) is 11.9 Å². The third kappa shape index (κ3) is 0.886. The van der Waals surface area contributed by atoms with Crippen molar-refractivity contribution in [2.75, 3.05) is 0 Å². The van der Waals surface area contributed by atoms with Crippen molar-refractivity contribution in [1.29, 1.82) is 0 Å². The van der Waals surface area contributed by atoms with E-state index < -0.39 is 0 Å². The zero-order valence-electron chi connectivity index (χ0n) is 7.50. The van der Waals surface area contributed by atoms with E-state index in [0.717, 1.165) is 12.2 Å². The van der Waals surface area contributed by atoms with E-state index in [4.69, 9.17) is 4.74 Å². The molecule has 3 rings (SSSR count). The van der Waals surface area contributed by atoms with Crippen LogP contribution in [0.15, 0.2) is 24.4 Å². The second-order valence-electron chi connectivity index (χ2n) is 3.61. The molecule has 0 spiro atoms. The number of ether oxygens (including phenoxy) is 1. The van der Waals surface area contributed by atoms with Gasteiger partial charge in [-0.2, -0.15) is 0 Å². The zero-order valence-corrected chi connectivity index (χ0v) is 7.50. The van der Waals surface area contributed by atoms with Gasteiger partial charge in [-0.05, 0) is 25.1 Å². The Kier molecular flexibility index (Phi) is 1.23. The third-order valence-corrected chi connectivity index (χ3v) is 2.62. The van der Waals surface area contributed by atoms with Gasteiger partial charge in [0.05, 0.1) is 0 Å². The summed E-state index contributed by atoms with van der Waals surface area (Å²) in [6, 6.07) is 6.25. The van der Waals surface area contributed by atoms with Crippen molar-refractivity contribution >= 4 is 10.9 Å². The molecule has 1 N–H and O–H groups in total. The first-order valence-corrected chi connectivity index (χ1v) is 4.60. The van der Waals surface area contributed by atoms with Gasteiger partial charge in [0.2, 0.25) is 0 Å². The van der Waals surface area contributed by atoms with E-state index in [0.29, 0.717) is 6.10 Å². The molecular weight excluding hydrogens is 162 g/mol. The van der Waals surface area contributed by atoms with Gasteiger partial charge in [-0.1, -0.05) is 0 Å². The first kappa shape index (κ1) is 7.01. The number of rotatable bonds is 0. The average Bonchev–Trinajstić information content (AvgIpc) is 2.65. The van der Waals surface area contributed by atoms with Crippen molar-refractivity contribution in [2.45, 2.75) is 19.4 Å². The van der Waals surface area contributed by atoms with E-state index in [1.807, 2.05) is 6.20 Å². The van der Waals surface area contributed by atoms with Crippen LogP contribution in [0.1, 0.15) is 12.5 Å². The van der Waals surface area contributed by atoms with Crippen molar-refractivity contribution in [3.63, 3.8) is 0 Å². The second-order valence-corrected chi connectivity index (χ2v) is 3.61. The molecule has 1 unspecified atom stereocenters. The Morgan fingerprint density at radius 1 is 1.38 bits per heavy atom. The maximum atomic E-state index is 5.67. The molecule has 2 heterocycles. The lowest BCUT2D eigenvalue weighted by atomic mass is 10.1. The van der Waals surface area contributed by atoms with Crippen LogP contribution in [0.3, 0.4) is 0 Å². The van der Waals surface area contributed by atoms with E-state index in [9.17, 15) is 0 Å². The van der Waals surface area contributed by atoms with Gasteiger partial charge in [-0.15, -0.1) is 0 Å². The van der Waals surface area contributed by atoms with Crippen LogP contribution < -0.4 is 4.74 Å². The fourth-order valence-electron chi connectivity index (χ4n) is 2.04. The van der Waals surface area contributed by atoms with E-state index in [-0.39, 0.29) is 0 Å². The number of aromatic amines is 1. The van der Waals surface area contributed by atoms with Gasteiger partial charge in [-0.25, -0.2) is 0 Å². The number of H-pyrrole nitrogens is 1. The van der Waals surface area contributed by atoms with Crippen LogP contribution in [0.4, 0.5) is 0 Å². The molecule has 0 saturated heterocycles. The van der Waals surface area contributed by atoms with E-state index in [1.54, 1.807) is 0 Å². The van der Waals surface area contributed by atoms with Crippen LogP contribution in [0.2, 0.25) is 0 Å². The molecule has 1 aliphatic rings. The molecular formula is C11H11NO. The molecule has 1 aromatic heterocycles. The summed E-state index contributed by atoms with van der Waals surface area (Å²) >= 11 is 0. The second kappa shape index (κ2) is 2.28. The topological polar surface area (TPSA) is 25.0 Å². The number of fused-ring (bicyclic) bond motifs is 3. The summed E-state index contributed by atoms with van der Waals surface area (Å²) in [4.78, 5) is 3.21. The zero-order chi connectivity index (χ0) is 8.84. The molecule has 0 aliphatic carbocycles. The van der Waals surface area contributed by atoms with E-state index >= 15 is 0 Å². The summed E-state index contributed by atoms with van der Waals surface area (Å²) in [5.74, 6) is 1.06. The lowest BCUT2D eigenvalue weighted by Gasteiger charge is -2.01. The van der Waals surface area contributed by atoms with Crippen molar-refractivity contribution < 1.29 is 4.74 Å². The predicted molar refractivity (Wildman–Crippen MR) is 52.1 cm³/mol. The minimum absolute atomic E-state index is 0.329. The van der Waals surface area contributed by atoms with Crippen LogP contribution in [0.25, 0.3) is 10.9 Å². The Morgan fingerprint density at radius 2 is 2.31 bits per heavy atom. The highest BCUT2D eigenvalue weighted by Gasteiger charge is 2.20. The van der Waals surface area contributed by atoms with Gasteiger partial charge in [0.25, 0.3) is 0 Å². The summed E-state index contributed by atoms with van der Waals surface area (Å²) in [5, 5.41) is 1.31.